The van der Waals surface area contributed by atoms with Crippen LogP contribution in [0.15, 0.2) is 36.5 Å². The SMILES string of the molecule is c1ccc2c(c1)nc(-c1ccn[nH]1)n2C1C[C@H]2CCC[C@@H](C1)N2C1C[C@H]2CCC[C@@H](C1)C2. The molecule has 0 spiro atoms. The van der Waals surface area contributed by atoms with Crippen molar-refractivity contribution in [2.75, 3.05) is 0 Å². The minimum atomic E-state index is 0.523. The summed E-state index contributed by atoms with van der Waals surface area (Å²) in [6.07, 6.45) is 17.5. The lowest BCUT2D eigenvalue weighted by Gasteiger charge is -2.55. The number of hydrogen-bond donors (Lipinski definition) is 1. The predicted molar refractivity (Wildman–Crippen MR) is 127 cm³/mol. The number of fused-ring (bicyclic) bond motifs is 5. The number of benzene rings is 1. The van der Waals surface area contributed by atoms with Crippen LogP contribution in [0, 0.1) is 11.8 Å². The van der Waals surface area contributed by atoms with Gasteiger partial charge in [0.15, 0.2) is 5.82 Å². The Labute approximate surface area is 190 Å². The summed E-state index contributed by atoms with van der Waals surface area (Å²) < 4.78 is 2.56. The zero-order chi connectivity index (χ0) is 21.1. The van der Waals surface area contributed by atoms with Crippen LogP contribution in [0.4, 0.5) is 0 Å². The van der Waals surface area contributed by atoms with Crippen LogP contribution in [0.5, 0.6) is 0 Å². The standard InChI is InChI=1S/C27H35N5/c1-2-10-26-24(9-1)29-27(25-11-12-28-30-25)32(26)23-16-20-7-4-8-21(17-23)31(20)22-14-18-5-3-6-19(13-18)15-22/h1-2,9-12,18-23H,3-8,13-17H2,(H,28,30)/t18-,19+,20-,21+,22?,23?. The van der Waals surface area contributed by atoms with Crippen LogP contribution in [-0.4, -0.2) is 42.8 Å². The fourth-order valence-corrected chi connectivity index (χ4v) is 8.12. The third-order valence-electron chi connectivity index (χ3n) is 9.23. The zero-order valence-electron chi connectivity index (χ0n) is 19.0. The molecule has 6 atom stereocenters. The maximum atomic E-state index is 5.05. The molecule has 2 aromatic heterocycles. The van der Waals surface area contributed by atoms with Crippen LogP contribution < -0.4 is 0 Å². The molecule has 2 aliphatic heterocycles. The number of H-pyrrole nitrogens is 1. The molecule has 0 amide bonds. The Hall–Kier alpha value is -2.14. The molecular weight excluding hydrogens is 394 g/mol. The van der Waals surface area contributed by atoms with E-state index in [1.807, 2.05) is 6.20 Å². The van der Waals surface area contributed by atoms with Gasteiger partial charge in [-0.25, -0.2) is 4.98 Å². The molecule has 3 aromatic rings. The van der Waals surface area contributed by atoms with E-state index in [1.54, 1.807) is 0 Å². The molecule has 0 radical (unpaired) electrons. The monoisotopic (exact) mass is 429 g/mol. The number of aromatic nitrogens is 4. The quantitative estimate of drug-likeness (QED) is 0.559. The molecule has 1 N–H and O–H groups in total. The Morgan fingerprint density at radius 1 is 0.750 bits per heavy atom. The number of nitrogens with one attached hydrogen (secondary N) is 1. The highest BCUT2D eigenvalue weighted by atomic mass is 15.3. The molecule has 4 aliphatic rings. The number of hydrogen-bond acceptors (Lipinski definition) is 3. The fraction of sp³-hybridized carbons (Fsp3) is 0.630. The molecule has 2 unspecified atom stereocenters. The van der Waals surface area contributed by atoms with Gasteiger partial charge in [0, 0.05) is 30.4 Å². The Bertz CT molecular complexity index is 1060. The minimum Gasteiger partial charge on any atom is -0.319 e. The van der Waals surface area contributed by atoms with Crippen LogP contribution in [0.25, 0.3) is 22.6 Å². The summed E-state index contributed by atoms with van der Waals surface area (Å²) in [6.45, 7) is 0. The van der Waals surface area contributed by atoms with Crippen molar-refractivity contribution in [3.8, 4) is 11.5 Å². The lowest BCUT2D eigenvalue weighted by molar-refractivity contribution is -0.0480. The molecule has 4 heterocycles. The van der Waals surface area contributed by atoms with Gasteiger partial charge in [0.1, 0.15) is 5.69 Å². The van der Waals surface area contributed by atoms with E-state index in [2.05, 4.69) is 50.0 Å². The Kier molecular flexibility index (Phi) is 4.67. The van der Waals surface area contributed by atoms with E-state index in [4.69, 9.17) is 4.98 Å². The average molecular weight is 430 g/mol. The molecular formula is C27H35N5. The zero-order valence-corrected chi connectivity index (χ0v) is 19.0. The highest BCUT2D eigenvalue weighted by molar-refractivity contribution is 5.80. The van der Waals surface area contributed by atoms with Crippen LogP contribution in [0.3, 0.4) is 0 Å². The first kappa shape index (κ1) is 19.3. The second kappa shape index (κ2) is 7.72. The van der Waals surface area contributed by atoms with Gasteiger partial charge in [-0.1, -0.05) is 37.8 Å². The van der Waals surface area contributed by atoms with E-state index in [1.165, 1.54) is 76.1 Å². The van der Waals surface area contributed by atoms with Crippen LogP contribution in [0.2, 0.25) is 0 Å². The fourth-order valence-electron chi connectivity index (χ4n) is 8.12. The van der Waals surface area contributed by atoms with Crippen LogP contribution in [0.1, 0.15) is 76.7 Å². The molecule has 5 heteroatoms. The molecule has 1 aromatic carbocycles. The first-order valence-corrected chi connectivity index (χ1v) is 13.1. The van der Waals surface area contributed by atoms with E-state index in [0.29, 0.717) is 6.04 Å². The van der Waals surface area contributed by atoms with Crippen molar-refractivity contribution >= 4 is 11.0 Å². The van der Waals surface area contributed by atoms with Gasteiger partial charge in [0.2, 0.25) is 0 Å². The second-order valence-corrected chi connectivity index (χ2v) is 11.1. The summed E-state index contributed by atoms with van der Waals surface area (Å²) in [7, 11) is 0. The topological polar surface area (TPSA) is 49.7 Å². The molecule has 2 saturated heterocycles. The smallest absolute Gasteiger partial charge is 0.159 e. The molecule has 5 nitrogen and oxygen atoms in total. The number of rotatable bonds is 3. The maximum absolute atomic E-state index is 5.05. The lowest BCUT2D eigenvalue weighted by atomic mass is 9.68. The van der Waals surface area contributed by atoms with Gasteiger partial charge < -0.3 is 4.57 Å². The molecule has 168 valence electrons. The summed E-state index contributed by atoms with van der Waals surface area (Å²) >= 11 is 0. The molecule has 4 fully saturated rings. The Balaban J connectivity index is 1.23. The molecule has 2 aliphatic carbocycles. The number of piperidine rings is 2. The van der Waals surface area contributed by atoms with Crippen molar-refractivity contribution < 1.29 is 0 Å². The van der Waals surface area contributed by atoms with Gasteiger partial charge in [0.05, 0.1) is 11.0 Å². The first-order chi connectivity index (χ1) is 15.8. The van der Waals surface area contributed by atoms with E-state index in [9.17, 15) is 0 Å². The summed E-state index contributed by atoms with van der Waals surface area (Å²) in [5.74, 6) is 3.08. The second-order valence-electron chi connectivity index (χ2n) is 11.1. The average Bonchev–Trinajstić information content (AvgIpc) is 3.46. The summed E-state index contributed by atoms with van der Waals surface area (Å²) in [5.41, 5.74) is 3.42. The third kappa shape index (κ3) is 3.15. The number of para-hydroxylation sites is 2. The molecule has 4 bridgehead atoms. The van der Waals surface area contributed by atoms with Gasteiger partial charge in [0.25, 0.3) is 0 Å². The summed E-state index contributed by atoms with van der Waals surface area (Å²) in [6, 6.07) is 13.6. The Morgan fingerprint density at radius 3 is 2.25 bits per heavy atom. The van der Waals surface area contributed by atoms with Crippen molar-refractivity contribution in [3.05, 3.63) is 36.5 Å². The van der Waals surface area contributed by atoms with Crippen LogP contribution in [-0.2, 0) is 0 Å². The molecule has 32 heavy (non-hydrogen) atoms. The number of nitrogens with zero attached hydrogens (tertiary/aromatic N) is 4. The third-order valence-corrected chi connectivity index (χ3v) is 9.23. The maximum Gasteiger partial charge on any atom is 0.159 e. The van der Waals surface area contributed by atoms with Crippen molar-refractivity contribution in [2.24, 2.45) is 11.8 Å². The van der Waals surface area contributed by atoms with E-state index in [0.717, 1.165) is 47.0 Å². The van der Waals surface area contributed by atoms with Crippen molar-refractivity contribution in [1.82, 2.24) is 24.6 Å². The van der Waals surface area contributed by atoms with Gasteiger partial charge in [-0.3, -0.25) is 10.00 Å². The highest BCUT2D eigenvalue weighted by Gasteiger charge is 2.45. The van der Waals surface area contributed by atoms with Gasteiger partial charge >= 0.3 is 0 Å². The van der Waals surface area contributed by atoms with Gasteiger partial charge in [-0.15, -0.1) is 0 Å². The van der Waals surface area contributed by atoms with Crippen LogP contribution >= 0.6 is 0 Å². The predicted octanol–water partition coefficient (Wildman–Crippen LogP) is 5.95. The highest BCUT2D eigenvalue weighted by Crippen LogP contribution is 2.48. The van der Waals surface area contributed by atoms with Crippen molar-refractivity contribution in [2.45, 2.75) is 94.8 Å². The minimum absolute atomic E-state index is 0.523. The first-order valence-electron chi connectivity index (χ1n) is 13.1. The normalized spacial score (nSPS) is 35.2. The van der Waals surface area contributed by atoms with Gasteiger partial charge in [-0.05, 0) is 75.0 Å². The Morgan fingerprint density at radius 2 is 1.50 bits per heavy atom. The van der Waals surface area contributed by atoms with E-state index >= 15 is 0 Å². The lowest BCUT2D eigenvalue weighted by Crippen LogP contribution is -2.58. The largest absolute Gasteiger partial charge is 0.319 e. The van der Waals surface area contributed by atoms with E-state index < -0.39 is 0 Å². The number of aromatic amines is 1. The molecule has 2 saturated carbocycles. The summed E-state index contributed by atoms with van der Waals surface area (Å²) in [4.78, 5) is 8.10. The van der Waals surface area contributed by atoms with E-state index in [-0.39, 0.29) is 0 Å². The van der Waals surface area contributed by atoms with Gasteiger partial charge in [-0.2, -0.15) is 5.10 Å². The summed E-state index contributed by atoms with van der Waals surface area (Å²) in [5, 5.41) is 7.41. The van der Waals surface area contributed by atoms with Crippen molar-refractivity contribution in [3.63, 3.8) is 0 Å². The number of imidazole rings is 1. The molecule has 7 rings (SSSR count). The van der Waals surface area contributed by atoms with Crippen molar-refractivity contribution in [1.29, 1.82) is 0 Å².